The molecule has 2 fully saturated rings. The molecular formula is C32H28N2O5. The molecule has 7 heteroatoms. The SMILES string of the molecule is N#CC1(O)C=CC(c2ccccc2)=C(C2OC2COCC2OC2C2=C(c3ccccc3)C=CC(O)(C#N)C2)C1. The van der Waals surface area contributed by atoms with Crippen LogP contribution in [0.4, 0.5) is 0 Å². The Morgan fingerprint density at radius 2 is 1.13 bits per heavy atom. The van der Waals surface area contributed by atoms with Crippen LogP contribution in [0.3, 0.4) is 0 Å². The Labute approximate surface area is 227 Å². The molecule has 0 saturated carbocycles. The summed E-state index contributed by atoms with van der Waals surface area (Å²) >= 11 is 0. The zero-order valence-corrected chi connectivity index (χ0v) is 21.2. The summed E-state index contributed by atoms with van der Waals surface area (Å²) in [5.41, 5.74) is 2.62. The fourth-order valence-electron chi connectivity index (χ4n) is 5.46. The summed E-state index contributed by atoms with van der Waals surface area (Å²) in [6.07, 6.45) is 6.25. The maximum absolute atomic E-state index is 10.6. The van der Waals surface area contributed by atoms with Gasteiger partial charge in [0.05, 0.1) is 13.2 Å². The van der Waals surface area contributed by atoms with Gasteiger partial charge in [0.1, 0.15) is 36.6 Å². The molecular weight excluding hydrogens is 492 g/mol. The minimum atomic E-state index is -1.55. The number of benzene rings is 2. The Balaban J connectivity index is 1.10. The first kappa shape index (κ1) is 25.5. The van der Waals surface area contributed by atoms with E-state index >= 15 is 0 Å². The van der Waals surface area contributed by atoms with Crippen molar-refractivity contribution < 1.29 is 24.4 Å². The van der Waals surface area contributed by atoms with Gasteiger partial charge < -0.3 is 24.4 Å². The van der Waals surface area contributed by atoms with Gasteiger partial charge in [0.25, 0.3) is 0 Å². The first-order valence-electron chi connectivity index (χ1n) is 13.0. The summed E-state index contributed by atoms with van der Waals surface area (Å²) in [6, 6.07) is 23.7. The van der Waals surface area contributed by atoms with Gasteiger partial charge in [-0.2, -0.15) is 10.5 Å². The molecule has 4 aliphatic rings. The molecule has 0 aromatic heterocycles. The summed E-state index contributed by atoms with van der Waals surface area (Å²) in [4.78, 5) is 0. The molecule has 6 unspecified atom stereocenters. The topological polar surface area (TPSA) is 122 Å². The van der Waals surface area contributed by atoms with Crippen LogP contribution in [0, 0.1) is 22.7 Å². The first-order valence-corrected chi connectivity index (χ1v) is 13.0. The Hall–Kier alpha value is -3.82. The van der Waals surface area contributed by atoms with E-state index in [0.29, 0.717) is 13.2 Å². The molecule has 196 valence electrons. The molecule has 2 N–H and O–H groups in total. The van der Waals surface area contributed by atoms with Crippen molar-refractivity contribution in [3.63, 3.8) is 0 Å². The van der Waals surface area contributed by atoms with E-state index in [1.807, 2.05) is 72.8 Å². The lowest BCUT2D eigenvalue weighted by molar-refractivity contribution is 0.102. The number of rotatable bonds is 8. The molecule has 39 heavy (non-hydrogen) atoms. The van der Waals surface area contributed by atoms with Gasteiger partial charge in [-0.3, -0.25) is 0 Å². The van der Waals surface area contributed by atoms with Crippen LogP contribution in [-0.2, 0) is 14.2 Å². The Bertz CT molecular complexity index is 1350. The number of nitriles is 2. The van der Waals surface area contributed by atoms with E-state index in [0.717, 1.165) is 33.4 Å². The second kappa shape index (κ2) is 10.1. The second-order valence-electron chi connectivity index (χ2n) is 10.4. The summed E-state index contributed by atoms with van der Waals surface area (Å²) in [6.45, 7) is 0.703. The van der Waals surface area contributed by atoms with Gasteiger partial charge in [-0.25, -0.2) is 0 Å². The van der Waals surface area contributed by atoms with Crippen LogP contribution < -0.4 is 0 Å². The largest absolute Gasteiger partial charge is 0.376 e. The third kappa shape index (κ3) is 5.24. The summed E-state index contributed by atoms with van der Waals surface area (Å²) < 4.78 is 17.9. The van der Waals surface area contributed by atoms with Crippen LogP contribution in [-0.4, -0.2) is 59.0 Å². The molecule has 0 radical (unpaired) electrons. The molecule has 2 aromatic rings. The van der Waals surface area contributed by atoms with Gasteiger partial charge in [-0.1, -0.05) is 72.8 Å². The van der Waals surface area contributed by atoms with Crippen LogP contribution in [0.2, 0.25) is 0 Å². The fraction of sp³-hybridized carbons (Fsp3) is 0.312. The summed E-state index contributed by atoms with van der Waals surface area (Å²) in [5, 5.41) is 40.2. The van der Waals surface area contributed by atoms with Crippen molar-refractivity contribution >= 4 is 11.1 Å². The average Bonchev–Trinajstić information content (AvgIpc) is 3.91. The highest BCUT2D eigenvalue weighted by Gasteiger charge is 2.49. The monoisotopic (exact) mass is 520 g/mol. The minimum absolute atomic E-state index is 0.175. The number of nitrogens with zero attached hydrogens (tertiary/aromatic N) is 2. The first-order chi connectivity index (χ1) is 18.9. The van der Waals surface area contributed by atoms with Gasteiger partial charge >= 0.3 is 0 Å². The normalized spacial score (nSPS) is 33.0. The molecule has 0 spiro atoms. The molecule has 2 saturated heterocycles. The van der Waals surface area contributed by atoms with Gasteiger partial charge in [-0.05, 0) is 45.6 Å². The predicted molar refractivity (Wildman–Crippen MR) is 144 cm³/mol. The lowest BCUT2D eigenvalue weighted by Gasteiger charge is -2.24. The zero-order chi connectivity index (χ0) is 27.0. The van der Waals surface area contributed by atoms with Gasteiger partial charge in [0.2, 0.25) is 0 Å². The Morgan fingerprint density at radius 3 is 1.51 bits per heavy atom. The molecule has 0 amide bonds. The van der Waals surface area contributed by atoms with Crippen LogP contribution >= 0.6 is 0 Å². The van der Waals surface area contributed by atoms with Gasteiger partial charge in [0, 0.05) is 12.8 Å². The number of epoxide rings is 2. The molecule has 2 aliphatic heterocycles. The number of ether oxygens (including phenoxy) is 3. The maximum atomic E-state index is 10.6. The van der Waals surface area contributed by atoms with Crippen LogP contribution in [0.1, 0.15) is 24.0 Å². The van der Waals surface area contributed by atoms with Gasteiger partial charge in [0.15, 0.2) is 11.2 Å². The van der Waals surface area contributed by atoms with Gasteiger partial charge in [-0.15, -0.1) is 0 Å². The quantitative estimate of drug-likeness (QED) is 0.400. The van der Waals surface area contributed by atoms with Crippen LogP contribution in [0.15, 0.2) is 96.1 Å². The predicted octanol–water partition coefficient (Wildman–Crippen LogP) is 3.87. The summed E-state index contributed by atoms with van der Waals surface area (Å²) in [5.74, 6) is 0. The highest BCUT2D eigenvalue weighted by molar-refractivity contribution is 5.80. The average molecular weight is 521 g/mol. The minimum Gasteiger partial charge on any atom is -0.376 e. The Kier molecular flexibility index (Phi) is 6.56. The van der Waals surface area contributed by atoms with Crippen molar-refractivity contribution in [1.29, 1.82) is 10.5 Å². The van der Waals surface area contributed by atoms with E-state index in [4.69, 9.17) is 14.2 Å². The molecule has 6 rings (SSSR count). The highest BCUT2D eigenvalue weighted by atomic mass is 16.6. The number of hydrogen-bond acceptors (Lipinski definition) is 7. The third-order valence-electron chi connectivity index (χ3n) is 7.64. The van der Waals surface area contributed by atoms with E-state index < -0.39 is 11.2 Å². The lowest BCUT2D eigenvalue weighted by atomic mass is 9.82. The van der Waals surface area contributed by atoms with E-state index in [-0.39, 0.29) is 37.3 Å². The molecule has 2 heterocycles. The zero-order valence-electron chi connectivity index (χ0n) is 21.2. The molecule has 2 aromatic carbocycles. The van der Waals surface area contributed by atoms with E-state index in [1.54, 1.807) is 24.3 Å². The lowest BCUT2D eigenvalue weighted by Crippen LogP contribution is -2.29. The molecule has 2 aliphatic carbocycles. The van der Waals surface area contributed by atoms with Crippen molar-refractivity contribution in [2.75, 3.05) is 13.2 Å². The number of hydrogen-bond donors (Lipinski definition) is 2. The van der Waals surface area contributed by atoms with Crippen LogP contribution in [0.5, 0.6) is 0 Å². The standard InChI is InChI=1S/C32H28N2O5/c33-19-31(35)13-11-23(21-7-3-1-4-8-21)25(15-31)29-27(38-29)17-37-18-28-30(39-28)26-16-32(36,20-34)14-12-24(26)22-9-5-2-6-10-22/h1-14,27-30,35-36H,15-18H2. The molecule has 6 atom stereocenters. The number of aliphatic hydroxyl groups is 2. The smallest absolute Gasteiger partial charge is 0.173 e. The van der Waals surface area contributed by atoms with Crippen molar-refractivity contribution in [2.45, 2.75) is 48.5 Å². The molecule has 7 nitrogen and oxygen atoms in total. The van der Waals surface area contributed by atoms with Crippen LogP contribution in [0.25, 0.3) is 11.1 Å². The van der Waals surface area contributed by atoms with Crippen molar-refractivity contribution in [3.05, 3.63) is 107 Å². The van der Waals surface area contributed by atoms with Crippen molar-refractivity contribution in [2.24, 2.45) is 0 Å². The van der Waals surface area contributed by atoms with Crippen molar-refractivity contribution in [1.82, 2.24) is 0 Å². The Morgan fingerprint density at radius 1 is 0.718 bits per heavy atom. The second-order valence-corrected chi connectivity index (χ2v) is 10.4. The molecule has 0 bridgehead atoms. The fourth-order valence-corrected chi connectivity index (χ4v) is 5.46. The van der Waals surface area contributed by atoms with E-state index in [2.05, 4.69) is 0 Å². The van der Waals surface area contributed by atoms with E-state index in [9.17, 15) is 20.7 Å². The number of allylic oxidation sites excluding steroid dienone is 4. The third-order valence-corrected chi connectivity index (χ3v) is 7.64. The summed E-state index contributed by atoms with van der Waals surface area (Å²) in [7, 11) is 0. The van der Waals surface area contributed by atoms with E-state index in [1.165, 1.54) is 0 Å². The van der Waals surface area contributed by atoms with Crippen molar-refractivity contribution in [3.8, 4) is 12.1 Å². The highest BCUT2D eigenvalue weighted by Crippen LogP contribution is 2.44. The maximum Gasteiger partial charge on any atom is 0.173 e.